The van der Waals surface area contributed by atoms with Crippen LogP contribution < -0.4 is 11.1 Å². The molecule has 1 aromatic carbocycles. The predicted octanol–water partition coefficient (Wildman–Crippen LogP) is 4.23. The minimum Gasteiger partial charge on any atom is -0.366 e. The van der Waals surface area contributed by atoms with Crippen LogP contribution in [0, 0.1) is 13.8 Å². The van der Waals surface area contributed by atoms with Gasteiger partial charge in [-0.25, -0.2) is 0 Å². The van der Waals surface area contributed by atoms with Crippen LogP contribution in [-0.2, 0) is 4.79 Å². The number of hydrogen-bond donors (Lipinski definition) is 2. The summed E-state index contributed by atoms with van der Waals surface area (Å²) in [5.74, 6) is -0.257. The van der Waals surface area contributed by atoms with Crippen LogP contribution >= 0.6 is 23.1 Å². The number of primary amides is 1. The number of aryl methyl sites for hydroxylation is 2. The normalized spacial score (nSPS) is 11.8. The fourth-order valence-corrected chi connectivity index (χ4v) is 4.96. The number of carbonyl (C=O) groups is 2. The van der Waals surface area contributed by atoms with Gasteiger partial charge in [-0.05, 0) is 56.0 Å². The Balaban J connectivity index is 1.67. The van der Waals surface area contributed by atoms with Crippen LogP contribution in [0.4, 0.5) is 5.00 Å². The number of pyridine rings is 1. The van der Waals surface area contributed by atoms with Crippen LogP contribution in [0.5, 0.6) is 0 Å². The minimum atomic E-state index is -0.582. The minimum absolute atomic E-state index is 0.264. The number of nitrogens with zero attached hydrogens (tertiary/aromatic N) is 4. The van der Waals surface area contributed by atoms with E-state index in [9.17, 15) is 9.59 Å². The largest absolute Gasteiger partial charge is 0.366 e. The van der Waals surface area contributed by atoms with Gasteiger partial charge in [0, 0.05) is 6.20 Å². The lowest BCUT2D eigenvalue weighted by atomic mass is 10.1. The first-order chi connectivity index (χ1) is 15.8. The van der Waals surface area contributed by atoms with E-state index in [1.54, 1.807) is 24.6 Å². The van der Waals surface area contributed by atoms with E-state index in [1.165, 1.54) is 23.1 Å². The molecular formula is C23H22N6O2S2. The first-order valence-corrected chi connectivity index (χ1v) is 11.9. The van der Waals surface area contributed by atoms with Crippen molar-refractivity contribution in [2.75, 3.05) is 5.32 Å². The highest BCUT2D eigenvalue weighted by molar-refractivity contribution is 8.00. The molecule has 0 bridgehead atoms. The van der Waals surface area contributed by atoms with Gasteiger partial charge in [0.2, 0.25) is 5.91 Å². The highest BCUT2D eigenvalue weighted by Crippen LogP contribution is 2.32. The summed E-state index contributed by atoms with van der Waals surface area (Å²) in [6.45, 7) is 5.84. The molecule has 3 aromatic heterocycles. The third-order valence-electron chi connectivity index (χ3n) is 4.94. The molecule has 0 radical (unpaired) electrons. The van der Waals surface area contributed by atoms with Crippen LogP contribution in [0.1, 0.15) is 28.4 Å². The summed E-state index contributed by atoms with van der Waals surface area (Å²) in [6.07, 6.45) is 1.70. The molecule has 4 rings (SSSR count). The molecule has 4 aromatic rings. The van der Waals surface area contributed by atoms with Crippen molar-refractivity contribution in [1.82, 2.24) is 19.7 Å². The summed E-state index contributed by atoms with van der Waals surface area (Å²) in [4.78, 5) is 28.9. The predicted molar refractivity (Wildman–Crippen MR) is 131 cm³/mol. The Labute approximate surface area is 199 Å². The van der Waals surface area contributed by atoms with Crippen molar-refractivity contribution in [2.45, 2.75) is 31.2 Å². The van der Waals surface area contributed by atoms with Crippen LogP contribution in [0.25, 0.3) is 17.2 Å². The van der Waals surface area contributed by atoms with Gasteiger partial charge in [0.15, 0.2) is 11.0 Å². The third kappa shape index (κ3) is 4.81. The fourth-order valence-electron chi connectivity index (χ4n) is 3.31. The van der Waals surface area contributed by atoms with Gasteiger partial charge in [-0.2, -0.15) is 0 Å². The van der Waals surface area contributed by atoms with Crippen molar-refractivity contribution in [1.29, 1.82) is 0 Å². The summed E-state index contributed by atoms with van der Waals surface area (Å²) in [6, 6.07) is 13.3. The van der Waals surface area contributed by atoms with Gasteiger partial charge in [0.25, 0.3) is 5.91 Å². The summed E-state index contributed by atoms with van der Waals surface area (Å²) >= 11 is 2.53. The maximum absolute atomic E-state index is 12.9. The molecule has 1 unspecified atom stereocenters. The molecule has 2 amide bonds. The first kappa shape index (κ1) is 22.7. The summed E-state index contributed by atoms with van der Waals surface area (Å²) in [7, 11) is 0. The zero-order valence-corrected chi connectivity index (χ0v) is 19.9. The Morgan fingerprint density at radius 2 is 1.97 bits per heavy atom. The molecule has 10 heteroatoms. The number of carbonyl (C=O) groups excluding carboxylic acids is 2. The Morgan fingerprint density at radius 1 is 1.15 bits per heavy atom. The van der Waals surface area contributed by atoms with Gasteiger partial charge in [-0.3, -0.25) is 19.1 Å². The summed E-state index contributed by atoms with van der Waals surface area (Å²) < 4.78 is 1.92. The fraction of sp³-hybridized carbons (Fsp3) is 0.174. The number of nitrogens with two attached hydrogens (primary N) is 1. The standard InChI is InChI=1S/C23H22N6O2S2/c1-13-7-8-18(14(2)12-13)29-20(17-6-4-5-10-25-17)27-28-23(29)33-15(3)21(31)26-22-16(19(24)30)9-11-32-22/h4-12,15H,1-3H3,(H2,24,30)(H,26,31). The molecule has 0 aliphatic heterocycles. The van der Waals surface area contributed by atoms with E-state index < -0.39 is 11.2 Å². The van der Waals surface area contributed by atoms with E-state index in [4.69, 9.17) is 5.73 Å². The molecule has 33 heavy (non-hydrogen) atoms. The van der Waals surface area contributed by atoms with E-state index in [2.05, 4.69) is 26.6 Å². The molecule has 0 saturated heterocycles. The third-order valence-corrected chi connectivity index (χ3v) is 6.81. The van der Waals surface area contributed by atoms with E-state index >= 15 is 0 Å². The lowest BCUT2D eigenvalue weighted by Crippen LogP contribution is -2.24. The van der Waals surface area contributed by atoms with Gasteiger partial charge >= 0.3 is 0 Å². The molecule has 0 saturated carbocycles. The Kier molecular flexibility index (Phi) is 6.57. The van der Waals surface area contributed by atoms with Crippen molar-refractivity contribution in [2.24, 2.45) is 5.73 Å². The van der Waals surface area contributed by atoms with E-state index in [0.717, 1.165) is 16.8 Å². The molecule has 0 aliphatic rings. The van der Waals surface area contributed by atoms with Crippen LogP contribution in [-0.4, -0.2) is 36.8 Å². The molecule has 3 heterocycles. The molecule has 0 fully saturated rings. The van der Waals surface area contributed by atoms with Crippen molar-refractivity contribution < 1.29 is 9.59 Å². The second kappa shape index (κ2) is 9.55. The smallest absolute Gasteiger partial charge is 0.251 e. The number of hydrogen-bond acceptors (Lipinski definition) is 7. The lowest BCUT2D eigenvalue weighted by Gasteiger charge is -2.15. The topological polar surface area (TPSA) is 116 Å². The van der Waals surface area contributed by atoms with Crippen molar-refractivity contribution in [3.63, 3.8) is 0 Å². The second-order valence-electron chi connectivity index (χ2n) is 7.42. The zero-order valence-electron chi connectivity index (χ0n) is 18.3. The van der Waals surface area contributed by atoms with Crippen LogP contribution in [0.2, 0.25) is 0 Å². The summed E-state index contributed by atoms with van der Waals surface area (Å²) in [5.41, 5.74) is 9.47. The number of thiophene rings is 1. The molecule has 8 nitrogen and oxygen atoms in total. The molecule has 0 spiro atoms. The number of aromatic nitrogens is 4. The van der Waals surface area contributed by atoms with Crippen molar-refractivity contribution in [3.05, 3.63) is 70.7 Å². The molecule has 3 N–H and O–H groups in total. The monoisotopic (exact) mass is 478 g/mol. The second-order valence-corrected chi connectivity index (χ2v) is 9.65. The van der Waals surface area contributed by atoms with Crippen molar-refractivity contribution in [3.8, 4) is 17.2 Å². The lowest BCUT2D eigenvalue weighted by molar-refractivity contribution is -0.115. The molecular weight excluding hydrogens is 456 g/mol. The number of benzene rings is 1. The Morgan fingerprint density at radius 3 is 2.67 bits per heavy atom. The first-order valence-electron chi connectivity index (χ1n) is 10.1. The molecule has 168 valence electrons. The maximum Gasteiger partial charge on any atom is 0.251 e. The van der Waals surface area contributed by atoms with Gasteiger partial charge in [0.05, 0.1) is 16.5 Å². The Bertz CT molecular complexity index is 1320. The van der Waals surface area contributed by atoms with E-state index in [-0.39, 0.29) is 5.91 Å². The molecule has 1 atom stereocenters. The van der Waals surface area contributed by atoms with Gasteiger partial charge in [-0.15, -0.1) is 21.5 Å². The van der Waals surface area contributed by atoms with Gasteiger partial charge in [-0.1, -0.05) is 35.5 Å². The number of rotatable bonds is 7. The number of nitrogens with one attached hydrogen (secondary N) is 1. The van der Waals surface area contributed by atoms with E-state index in [1.807, 2.05) is 48.7 Å². The average molecular weight is 479 g/mol. The number of amides is 2. The number of anilines is 1. The van der Waals surface area contributed by atoms with Crippen molar-refractivity contribution >= 4 is 39.9 Å². The van der Waals surface area contributed by atoms with E-state index in [0.29, 0.717) is 27.2 Å². The van der Waals surface area contributed by atoms with Gasteiger partial charge < -0.3 is 11.1 Å². The quantitative estimate of drug-likeness (QED) is 0.384. The van der Waals surface area contributed by atoms with Gasteiger partial charge in [0.1, 0.15) is 10.7 Å². The number of thioether (sulfide) groups is 1. The van der Waals surface area contributed by atoms with Crippen LogP contribution in [0.3, 0.4) is 0 Å². The Hall–Kier alpha value is -3.50. The highest BCUT2D eigenvalue weighted by Gasteiger charge is 2.24. The summed E-state index contributed by atoms with van der Waals surface area (Å²) in [5, 5.41) is 13.8. The highest BCUT2D eigenvalue weighted by atomic mass is 32.2. The molecule has 0 aliphatic carbocycles. The van der Waals surface area contributed by atoms with Crippen LogP contribution in [0.15, 0.2) is 59.2 Å². The average Bonchev–Trinajstić information content (AvgIpc) is 3.42. The SMILES string of the molecule is Cc1ccc(-n2c(SC(C)C(=O)Nc3sccc3C(N)=O)nnc2-c2ccccn2)c(C)c1. The maximum atomic E-state index is 12.9. The zero-order chi connectivity index (χ0) is 23.5.